The van der Waals surface area contributed by atoms with Crippen molar-refractivity contribution in [3.8, 4) is 0 Å². The van der Waals surface area contributed by atoms with Gasteiger partial charge in [0.05, 0.1) is 0 Å². The third kappa shape index (κ3) is 1.84. The highest BCUT2D eigenvalue weighted by Gasteiger charge is 2.52. The topological polar surface area (TPSA) is 103 Å². The summed E-state index contributed by atoms with van der Waals surface area (Å²) in [5.41, 5.74) is 4.18. The summed E-state index contributed by atoms with van der Waals surface area (Å²) in [4.78, 5) is 34.1. The van der Waals surface area contributed by atoms with E-state index < -0.39 is 23.4 Å². The van der Waals surface area contributed by atoms with E-state index in [9.17, 15) is 14.4 Å². The van der Waals surface area contributed by atoms with Crippen LogP contribution in [0, 0.1) is 0 Å². The fourth-order valence-corrected chi connectivity index (χ4v) is 1.73. The van der Waals surface area contributed by atoms with Crippen molar-refractivity contribution in [2.75, 3.05) is 0 Å². The molecule has 0 bridgehead atoms. The van der Waals surface area contributed by atoms with E-state index in [2.05, 4.69) is 10.6 Å². The number of hydrogen-bond donors (Lipinski definition) is 2. The van der Waals surface area contributed by atoms with Crippen molar-refractivity contribution in [3.05, 3.63) is 35.9 Å². The third-order valence-corrected chi connectivity index (χ3v) is 2.62. The second-order valence-electron chi connectivity index (χ2n) is 3.78. The molecule has 87 valence electrons. The van der Waals surface area contributed by atoms with Gasteiger partial charge in [0.25, 0.3) is 11.8 Å². The van der Waals surface area contributed by atoms with Crippen LogP contribution in [0.15, 0.2) is 30.3 Å². The van der Waals surface area contributed by atoms with Gasteiger partial charge in [-0.05, 0) is 5.56 Å². The molecular weight excluding hydrogens is 222 g/mol. The molecule has 1 saturated heterocycles. The van der Waals surface area contributed by atoms with Gasteiger partial charge < -0.3 is 11.1 Å². The molecule has 0 aromatic heterocycles. The van der Waals surface area contributed by atoms with Gasteiger partial charge in [-0.15, -0.1) is 0 Å². The van der Waals surface area contributed by atoms with E-state index in [1.54, 1.807) is 30.3 Å². The van der Waals surface area contributed by atoms with Gasteiger partial charge in [0.1, 0.15) is 0 Å². The van der Waals surface area contributed by atoms with Crippen molar-refractivity contribution in [1.82, 2.24) is 10.6 Å². The molecule has 1 heterocycles. The summed E-state index contributed by atoms with van der Waals surface area (Å²) < 4.78 is 0. The Kier molecular flexibility index (Phi) is 2.55. The van der Waals surface area contributed by atoms with Crippen LogP contribution >= 0.6 is 0 Å². The van der Waals surface area contributed by atoms with Gasteiger partial charge in [0.2, 0.25) is 5.54 Å². The summed E-state index contributed by atoms with van der Waals surface area (Å²) in [6.45, 7) is 0. The van der Waals surface area contributed by atoms with E-state index in [1.165, 1.54) is 0 Å². The molecule has 6 nitrogen and oxygen atoms in total. The fourth-order valence-electron chi connectivity index (χ4n) is 1.73. The van der Waals surface area contributed by atoms with Gasteiger partial charge in [-0.25, -0.2) is 4.79 Å². The fraction of sp³-hybridized carbons (Fsp3) is 0.182. The summed E-state index contributed by atoms with van der Waals surface area (Å²) >= 11 is 0. The zero-order valence-electron chi connectivity index (χ0n) is 8.84. The van der Waals surface area contributed by atoms with Crippen LogP contribution < -0.4 is 16.4 Å². The highest BCUT2D eigenvalue weighted by atomic mass is 16.2. The largest absolute Gasteiger partial charge is 0.367 e. The van der Waals surface area contributed by atoms with Gasteiger partial charge in [-0.3, -0.25) is 9.59 Å². The number of carbonyl (C=O) groups is 3. The molecule has 4 amide bonds. The Morgan fingerprint density at radius 3 is 2.41 bits per heavy atom. The zero-order valence-corrected chi connectivity index (χ0v) is 8.84. The van der Waals surface area contributed by atoms with Crippen LogP contribution in [-0.2, 0) is 16.0 Å². The Morgan fingerprint density at radius 2 is 1.94 bits per heavy atom. The number of amides is 4. The number of nitrogens with two attached hydrogens (primary N) is 1. The molecule has 0 saturated carbocycles. The number of nitrogens with zero attached hydrogens (tertiary/aromatic N) is 1. The predicted octanol–water partition coefficient (Wildman–Crippen LogP) is -0.693. The van der Waals surface area contributed by atoms with E-state index in [0.29, 0.717) is 0 Å². The number of benzene rings is 1. The molecule has 2 rings (SSSR count). The SMILES string of the molecule is NC(=O)[C@@]1(Cc2ccccc2)NC(=O)[N]C1=O. The first-order valence-electron chi connectivity index (χ1n) is 4.97. The quantitative estimate of drug-likeness (QED) is 0.532. The van der Waals surface area contributed by atoms with Gasteiger partial charge in [-0.1, -0.05) is 30.3 Å². The monoisotopic (exact) mass is 232 g/mol. The highest BCUT2D eigenvalue weighted by Crippen LogP contribution is 2.18. The summed E-state index contributed by atoms with van der Waals surface area (Å²) in [5, 5.41) is 5.41. The lowest BCUT2D eigenvalue weighted by Gasteiger charge is -2.21. The highest BCUT2D eigenvalue weighted by molar-refractivity contribution is 6.19. The molecule has 0 unspecified atom stereocenters. The molecule has 1 aliphatic heterocycles. The molecule has 6 heteroatoms. The lowest BCUT2D eigenvalue weighted by atomic mass is 9.90. The van der Waals surface area contributed by atoms with E-state index >= 15 is 0 Å². The minimum absolute atomic E-state index is 0.0112. The Balaban J connectivity index is 2.34. The maximum atomic E-state index is 11.6. The zero-order chi connectivity index (χ0) is 12.5. The van der Waals surface area contributed by atoms with Crippen LogP contribution in [0.1, 0.15) is 5.56 Å². The molecule has 3 N–H and O–H groups in total. The second-order valence-corrected chi connectivity index (χ2v) is 3.78. The lowest BCUT2D eigenvalue weighted by Crippen LogP contribution is -2.58. The molecule has 0 spiro atoms. The van der Waals surface area contributed by atoms with Crippen LogP contribution in [0.5, 0.6) is 0 Å². The van der Waals surface area contributed by atoms with Crippen molar-refractivity contribution in [3.63, 3.8) is 0 Å². The summed E-state index contributed by atoms with van der Waals surface area (Å²) in [7, 11) is 0. The Bertz CT molecular complexity index is 486. The van der Waals surface area contributed by atoms with Crippen LogP contribution in [0.3, 0.4) is 0 Å². The first-order chi connectivity index (χ1) is 8.04. The lowest BCUT2D eigenvalue weighted by molar-refractivity contribution is -0.134. The maximum absolute atomic E-state index is 11.6. The van der Waals surface area contributed by atoms with Gasteiger partial charge in [0, 0.05) is 6.42 Å². The number of hydrogen-bond acceptors (Lipinski definition) is 3. The average molecular weight is 232 g/mol. The van der Waals surface area contributed by atoms with E-state index in [1.807, 2.05) is 0 Å². The van der Waals surface area contributed by atoms with Crippen molar-refractivity contribution >= 4 is 17.8 Å². The Hall–Kier alpha value is -2.37. The van der Waals surface area contributed by atoms with Crippen molar-refractivity contribution in [2.24, 2.45) is 5.73 Å². The minimum Gasteiger partial charge on any atom is -0.367 e. The number of urea groups is 1. The molecule has 1 aromatic carbocycles. The normalized spacial score (nSPS) is 23.1. The van der Waals surface area contributed by atoms with Crippen LogP contribution in [0.25, 0.3) is 0 Å². The maximum Gasteiger partial charge on any atom is 0.345 e. The summed E-state index contributed by atoms with van der Waals surface area (Å²) in [6.07, 6.45) is 0.0112. The van der Waals surface area contributed by atoms with Crippen LogP contribution in [-0.4, -0.2) is 23.4 Å². The predicted molar refractivity (Wildman–Crippen MR) is 57.7 cm³/mol. The van der Waals surface area contributed by atoms with Gasteiger partial charge in [0.15, 0.2) is 0 Å². The van der Waals surface area contributed by atoms with E-state index in [4.69, 9.17) is 5.73 Å². The Labute approximate surface area is 97.2 Å². The molecule has 1 fully saturated rings. The number of primary amides is 1. The first kappa shape index (κ1) is 11.1. The molecule has 1 radical (unpaired) electrons. The minimum atomic E-state index is -1.74. The van der Waals surface area contributed by atoms with Gasteiger partial charge in [-0.2, -0.15) is 5.32 Å². The second kappa shape index (κ2) is 3.89. The first-order valence-corrected chi connectivity index (χ1v) is 4.97. The number of imide groups is 1. The summed E-state index contributed by atoms with van der Waals surface area (Å²) in [6, 6.07) is 7.99. The van der Waals surface area contributed by atoms with Gasteiger partial charge >= 0.3 is 6.03 Å². The smallest absolute Gasteiger partial charge is 0.345 e. The van der Waals surface area contributed by atoms with Crippen LogP contribution in [0.4, 0.5) is 4.79 Å². The molecule has 17 heavy (non-hydrogen) atoms. The standard InChI is InChI=1S/C11H10N3O3/c12-8(15)11(9(16)13-10(17)14-11)6-7-4-2-1-3-5-7/h1-5H,6H2,(H2,12,15)(H,14,17)/t11-/m1/s1. The van der Waals surface area contributed by atoms with Crippen LogP contribution in [0.2, 0.25) is 0 Å². The Morgan fingerprint density at radius 1 is 1.29 bits per heavy atom. The van der Waals surface area contributed by atoms with Crippen molar-refractivity contribution < 1.29 is 14.4 Å². The molecule has 0 aliphatic carbocycles. The molecular formula is C11H10N3O3. The average Bonchev–Trinajstić information content (AvgIpc) is 2.56. The van der Waals surface area contributed by atoms with E-state index in [0.717, 1.165) is 5.56 Å². The summed E-state index contributed by atoms with van der Waals surface area (Å²) in [5.74, 6) is -1.74. The van der Waals surface area contributed by atoms with Crippen molar-refractivity contribution in [1.29, 1.82) is 0 Å². The molecule has 1 aromatic rings. The van der Waals surface area contributed by atoms with Crippen molar-refractivity contribution in [2.45, 2.75) is 12.0 Å². The third-order valence-electron chi connectivity index (χ3n) is 2.62. The van der Waals surface area contributed by atoms with E-state index in [-0.39, 0.29) is 6.42 Å². The number of rotatable bonds is 3. The number of nitrogens with one attached hydrogen (secondary N) is 1. The molecule has 1 atom stereocenters. The molecule has 1 aliphatic rings. The number of carbonyl (C=O) groups excluding carboxylic acids is 3.